The number of nitrogens with zero attached hydrogens (tertiary/aromatic N) is 1. The first-order valence-electron chi connectivity index (χ1n) is 8.91. The number of hydrogen-bond donors (Lipinski definition) is 1. The van der Waals surface area contributed by atoms with Crippen LogP contribution in [0.5, 0.6) is 11.5 Å². The summed E-state index contributed by atoms with van der Waals surface area (Å²) in [5.74, 6) is -0.330. The zero-order chi connectivity index (χ0) is 20.8. The van der Waals surface area contributed by atoms with Gasteiger partial charge < -0.3 is 19.7 Å². The van der Waals surface area contributed by atoms with Gasteiger partial charge in [-0.05, 0) is 36.8 Å². The molecule has 0 aromatic heterocycles. The van der Waals surface area contributed by atoms with E-state index in [-0.39, 0.29) is 36.9 Å². The fraction of sp³-hybridized carbons (Fsp3) is 0.300. The lowest BCUT2D eigenvalue weighted by molar-refractivity contribution is -0.138. The zero-order valence-electron chi connectivity index (χ0n) is 15.4. The molecule has 1 saturated heterocycles. The molecule has 2 heterocycles. The number of carbonyl (C=O) groups excluding carboxylic acids is 2. The van der Waals surface area contributed by atoms with E-state index in [0.29, 0.717) is 17.2 Å². The van der Waals surface area contributed by atoms with Gasteiger partial charge in [-0.1, -0.05) is 6.07 Å². The molecule has 1 atom stereocenters. The number of aryl methyl sites for hydroxylation is 1. The Kier molecular flexibility index (Phi) is 4.60. The molecule has 6 nitrogen and oxygen atoms in total. The first kappa shape index (κ1) is 19.1. The highest BCUT2D eigenvalue weighted by molar-refractivity contribution is 6.03. The van der Waals surface area contributed by atoms with Crippen LogP contribution in [0.2, 0.25) is 0 Å². The van der Waals surface area contributed by atoms with Gasteiger partial charge in [0.25, 0.3) is 0 Å². The van der Waals surface area contributed by atoms with Crippen molar-refractivity contribution >= 4 is 23.2 Å². The summed E-state index contributed by atoms with van der Waals surface area (Å²) in [5.41, 5.74) is -0.119. The van der Waals surface area contributed by atoms with Crippen molar-refractivity contribution in [2.75, 3.05) is 23.6 Å². The maximum Gasteiger partial charge on any atom is 0.416 e. The largest absolute Gasteiger partial charge is 0.454 e. The van der Waals surface area contributed by atoms with Gasteiger partial charge in [0.1, 0.15) is 0 Å². The van der Waals surface area contributed by atoms with Crippen molar-refractivity contribution in [3.05, 3.63) is 47.5 Å². The number of ether oxygens (including phenoxy) is 2. The van der Waals surface area contributed by atoms with E-state index in [0.717, 1.165) is 6.07 Å². The molecular weight excluding hydrogens is 389 g/mol. The van der Waals surface area contributed by atoms with E-state index < -0.39 is 23.6 Å². The number of anilines is 2. The SMILES string of the molecule is Cc1ccc(NC(=O)C2CC(=O)N(c3ccc4c(c3)OCO4)C2)cc1C(F)(F)F. The number of halogens is 3. The molecule has 0 radical (unpaired) electrons. The van der Waals surface area contributed by atoms with Crippen LogP contribution in [0.15, 0.2) is 36.4 Å². The lowest BCUT2D eigenvalue weighted by Gasteiger charge is -2.17. The number of carbonyl (C=O) groups is 2. The summed E-state index contributed by atoms with van der Waals surface area (Å²) in [6.07, 6.45) is -4.54. The maximum absolute atomic E-state index is 13.1. The van der Waals surface area contributed by atoms with Crippen LogP contribution in [0.4, 0.5) is 24.5 Å². The van der Waals surface area contributed by atoms with Crippen molar-refractivity contribution in [1.82, 2.24) is 0 Å². The number of rotatable bonds is 3. The van der Waals surface area contributed by atoms with Gasteiger partial charge in [0.2, 0.25) is 18.6 Å². The minimum absolute atomic E-state index is 0.0295. The Balaban J connectivity index is 1.47. The van der Waals surface area contributed by atoms with Crippen LogP contribution in [-0.4, -0.2) is 25.2 Å². The summed E-state index contributed by atoms with van der Waals surface area (Å²) in [5, 5.41) is 2.50. The second-order valence-corrected chi connectivity index (χ2v) is 6.96. The summed E-state index contributed by atoms with van der Waals surface area (Å²) in [6, 6.07) is 8.66. The van der Waals surface area contributed by atoms with Crippen LogP contribution in [0.25, 0.3) is 0 Å². The molecule has 152 valence electrons. The van der Waals surface area contributed by atoms with Crippen LogP contribution in [-0.2, 0) is 15.8 Å². The van der Waals surface area contributed by atoms with Crippen molar-refractivity contribution in [3.63, 3.8) is 0 Å². The smallest absolute Gasteiger partial charge is 0.416 e. The van der Waals surface area contributed by atoms with Gasteiger partial charge in [0, 0.05) is 30.4 Å². The number of benzene rings is 2. The number of amides is 2. The first-order chi connectivity index (χ1) is 13.7. The van der Waals surface area contributed by atoms with Gasteiger partial charge in [-0.15, -0.1) is 0 Å². The molecule has 2 aliphatic heterocycles. The molecule has 1 N–H and O–H groups in total. The molecule has 2 aromatic rings. The van der Waals surface area contributed by atoms with E-state index in [9.17, 15) is 22.8 Å². The van der Waals surface area contributed by atoms with Crippen LogP contribution in [0.3, 0.4) is 0 Å². The molecule has 29 heavy (non-hydrogen) atoms. The fourth-order valence-corrected chi connectivity index (χ4v) is 3.44. The highest BCUT2D eigenvalue weighted by atomic mass is 19.4. The Hall–Kier alpha value is -3.23. The molecule has 4 rings (SSSR count). The van der Waals surface area contributed by atoms with Gasteiger partial charge in [0.05, 0.1) is 11.5 Å². The average molecular weight is 406 g/mol. The Bertz CT molecular complexity index is 990. The molecule has 0 saturated carbocycles. The molecule has 2 aromatic carbocycles. The van der Waals surface area contributed by atoms with Crippen LogP contribution >= 0.6 is 0 Å². The number of hydrogen-bond acceptors (Lipinski definition) is 4. The van der Waals surface area contributed by atoms with E-state index in [1.807, 2.05) is 0 Å². The minimum atomic E-state index is -4.51. The summed E-state index contributed by atoms with van der Waals surface area (Å²) < 4.78 is 49.8. The molecule has 9 heteroatoms. The topological polar surface area (TPSA) is 67.9 Å². The summed E-state index contributed by atoms with van der Waals surface area (Å²) in [7, 11) is 0. The van der Waals surface area contributed by atoms with Crippen LogP contribution in [0, 0.1) is 12.8 Å². The normalized spacial score (nSPS) is 18.3. The van der Waals surface area contributed by atoms with Crippen molar-refractivity contribution in [3.8, 4) is 11.5 Å². The maximum atomic E-state index is 13.1. The Labute approximate surface area is 164 Å². The molecule has 2 aliphatic rings. The third-order valence-corrected chi connectivity index (χ3v) is 4.97. The highest BCUT2D eigenvalue weighted by Crippen LogP contribution is 2.37. The predicted molar refractivity (Wildman–Crippen MR) is 97.8 cm³/mol. The van der Waals surface area contributed by atoms with E-state index in [4.69, 9.17) is 9.47 Å². The summed E-state index contributed by atoms with van der Waals surface area (Å²) >= 11 is 0. The Morgan fingerprint density at radius 1 is 1.14 bits per heavy atom. The Morgan fingerprint density at radius 2 is 1.90 bits per heavy atom. The quantitative estimate of drug-likeness (QED) is 0.844. The van der Waals surface area contributed by atoms with Crippen molar-refractivity contribution < 1.29 is 32.2 Å². The molecule has 0 aliphatic carbocycles. The van der Waals surface area contributed by atoms with Crippen molar-refractivity contribution in [2.45, 2.75) is 19.5 Å². The lowest BCUT2D eigenvalue weighted by atomic mass is 10.1. The zero-order valence-corrected chi connectivity index (χ0v) is 15.4. The van der Waals surface area contributed by atoms with Crippen molar-refractivity contribution in [2.24, 2.45) is 5.92 Å². The van der Waals surface area contributed by atoms with E-state index in [2.05, 4.69) is 5.32 Å². The molecule has 0 bridgehead atoms. The van der Waals surface area contributed by atoms with E-state index >= 15 is 0 Å². The molecular formula is C20H17F3N2O4. The van der Waals surface area contributed by atoms with Crippen LogP contribution in [0.1, 0.15) is 17.5 Å². The Morgan fingerprint density at radius 3 is 2.66 bits per heavy atom. The number of fused-ring (bicyclic) bond motifs is 1. The standard InChI is InChI=1S/C20H17F3N2O4/c1-11-2-3-13(7-15(11)20(21,22)23)24-19(27)12-6-18(26)25(9-12)14-4-5-16-17(8-14)29-10-28-16/h2-5,7-8,12H,6,9-10H2,1H3,(H,24,27). The monoisotopic (exact) mass is 406 g/mol. The van der Waals surface area contributed by atoms with Gasteiger partial charge in [0.15, 0.2) is 11.5 Å². The van der Waals surface area contributed by atoms with Crippen molar-refractivity contribution in [1.29, 1.82) is 0 Å². The third kappa shape index (κ3) is 3.72. The molecule has 2 amide bonds. The summed E-state index contributed by atoms with van der Waals surface area (Å²) in [6.45, 7) is 1.59. The lowest BCUT2D eigenvalue weighted by Crippen LogP contribution is -2.28. The second-order valence-electron chi connectivity index (χ2n) is 6.96. The van der Waals surface area contributed by atoms with Gasteiger partial charge in [-0.3, -0.25) is 9.59 Å². The second kappa shape index (κ2) is 6.98. The predicted octanol–water partition coefficient (Wildman–Crippen LogP) is 3.73. The number of nitrogens with one attached hydrogen (secondary N) is 1. The third-order valence-electron chi connectivity index (χ3n) is 4.97. The van der Waals surface area contributed by atoms with Gasteiger partial charge in [-0.2, -0.15) is 13.2 Å². The van der Waals surface area contributed by atoms with Gasteiger partial charge in [-0.25, -0.2) is 0 Å². The molecule has 1 fully saturated rings. The number of alkyl halides is 3. The highest BCUT2D eigenvalue weighted by Gasteiger charge is 2.36. The molecule has 0 spiro atoms. The van der Waals surface area contributed by atoms with Gasteiger partial charge >= 0.3 is 6.18 Å². The van der Waals surface area contributed by atoms with E-state index in [1.165, 1.54) is 24.0 Å². The van der Waals surface area contributed by atoms with E-state index in [1.54, 1.807) is 18.2 Å². The van der Waals surface area contributed by atoms with Crippen LogP contribution < -0.4 is 19.7 Å². The molecule has 1 unspecified atom stereocenters. The minimum Gasteiger partial charge on any atom is -0.454 e. The fourth-order valence-electron chi connectivity index (χ4n) is 3.44. The first-order valence-corrected chi connectivity index (χ1v) is 8.91. The average Bonchev–Trinajstić information content (AvgIpc) is 3.28. The summed E-state index contributed by atoms with van der Waals surface area (Å²) in [4.78, 5) is 26.4.